The van der Waals surface area contributed by atoms with Crippen LogP contribution in [0.25, 0.3) is 11.0 Å². The summed E-state index contributed by atoms with van der Waals surface area (Å²) < 4.78 is 0. The Balaban J connectivity index is 1.29. The van der Waals surface area contributed by atoms with Gasteiger partial charge in [0.15, 0.2) is 5.65 Å². The number of anilines is 1. The van der Waals surface area contributed by atoms with E-state index in [9.17, 15) is 0 Å². The first kappa shape index (κ1) is 14.8. The third-order valence-corrected chi connectivity index (χ3v) is 5.32. The lowest BCUT2D eigenvalue weighted by atomic mass is 10.2. The van der Waals surface area contributed by atoms with Crippen LogP contribution in [0.1, 0.15) is 23.4 Å². The van der Waals surface area contributed by atoms with Crippen LogP contribution in [0.2, 0.25) is 0 Å². The van der Waals surface area contributed by atoms with Gasteiger partial charge in [0.05, 0.1) is 11.1 Å². The molecule has 7 nitrogen and oxygen atoms in total. The minimum absolute atomic E-state index is 0.766. The normalized spacial score (nSPS) is 18.0. The summed E-state index contributed by atoms with van der Waals surface area (Å²) in [6, 6.07) is 4.00. The summed E-state index contributed by atoms with van der Waals surface area (Å²) in [5.74, 6) is 0.999. The minimum Gasteiger partial charge on any atom is -0.353 e. The Morgan fingerprint density at radius 3 is 2.88 bits per heavy atom. The van der Waals surface area contributed by atoms with Crippen LogP contribution in [0.3, 0.4) is 0 Å². The van der Waals surface area contributed by atoms with Gasteiger partial charge in [-0.3, -0.25) is 10.00 Å². The van der Waals surface area contributed by atoms with Crippen LogP contribution in [0, 0.1) is 0 Å². The number of fused-ring (bicyclic) bond motifs is 2. The Morgan fingerprint density at radius 2 is 1.96 bits per heavy atom. The average molecular weight is 335 g/mol. The molecule has 1 N–H and O–H groups in total. The number of hydrogen-bond acceptors (Lipinski definition) is 6. The second-order valence-corrected chi connectivity index (χ2v) is 6.82. The number of nitrogens with one attached hydrogen (secondary N) is 1. The molecule has 3 aromatic rings. The van der Waals surface area contributed by atoms with Crippen LogP contribution in [0.5, 0.6) is 0 Å². The third-order valence-electron chi connectivity index (χ3n) is 5.32. The number of aromatic amines is 1. The highest BCUT2D eigenvalue weighted by atomic mass is 15.3. The fraction of sp³-hybridized carbons (Fsp3) is 0.444. The number of rotatable bonds is 3. The third kappa shape index (κ3) is 2.64. The van der Waals surface area contributed by atoms with Crippen molar-refractivity contribution in [3.63, 3.8) is 0 Å². The van der Waals surface area contributed by atoms with Gasteiger partial charge in [-0.1, -0.05) is 0 Å². The largest absolute Gasteiger partial charge is 0.353 e. The van der Waals surface area contributed by atoms with Crippen molar-refractivity contribution < 1.29 is 0 Å². The van der Waals surface area contributed by atoms with Crippen molar-refractivity contribution in [1.82, 2.24) is 30.0 Å². The maximum Gasteiger partial charge on any atom is 0.164 e. The van der Waals surface area contributed by atoms with Gasteiger partial charge in [-0.05, 0) is 37.0 Å². The molecule has 0 bridgehead atoms. The molecule has 2 aliphatic rings. The Kier molecular flexibility index (Phi) is 3.59. The second kappa shape index (κ2) is 6.07. The van der Waals surface area contributed by atoms with Crippen LogP contribution < -0.4 is 4.90 Å². The molecule has 1 aliphatic carbocycles. The molecule has 5 rings (SSSR count). The molecule has 0 radical (unpaired) electrons. The maximum atomic E-state index is 4.54. The van der Waals surface area contributed by atoms with E-state index in [-0.39, 0.29) is 0 Å². The van der Waals surface area contributed by atoms with Gasteiger partial charge in [0.2, 0.25) is 0 Å². The molecule has 25 heavy (non-hydrogen) atoms. The molecule has 1 fully saturated rings. The summed E-state index contributed by atoms with van der Waals surface area (Å²) in [6.45, 7) is 4.92. The number of pyridine rings is 1. The smallest absolute Gasteiger partial charge is 0.164 e. The van der Waals surface area contributed by atoms with Crippen molar-refractivity contribution in [3.8, 4) is 0 Å². The molecular weight excluding hydrogens is 314 g/mol. The maximum absolute atomic E-state index is 4.54. The summed E-state index contributed by atoms with van der Waals surface area (Å²) in [4.78, 5) is 18.0. The molecule has 1 saturated heterocycles. The fourth-order valence-corrected chi connectivity index (χ4v) is 3.98. The van der Waals surface area contributed by atoms with Gasteiger partial charge in [-0.15, -0.1) is 0 Å². The van der Waals surface area contributed by atoms with Crippen molar-refractivity contribution in [3.05, 3.63) is 41.6 Å². The fourth-order valence-electron chi connectivity index (χ4n) is 3.98. The lowest BCUT2D eigenvalue weighted by Gasteiger charge is -2.35. The SMILES string of the molecule is c1cnc2ncnc(N3CCN(Cc4n[nH]c5c4CCC5)CC3)c2c1. The van der Waals surface area contributed by atoms with Crippen molar-refractivity contribution in [2.24, 2.45) is 0 Å². The molecule has 1 aliphatic heterocycles. The van der Waals surface area contributed by atoms with Gasteiger partial charge in [0.1, 0.15) is 12.1 Å². The Morgan fingerprint density at radius 1 is 1.04 bits per heavy atom. The summed E-state index contributed by atoms with van der Waals surface area (Å²) in [7, 11) is 0. The molecule has 7 heteroatoms. The summed E-state index contributed by atoms with van der Waals surface area (Å²) in [6.07, 6.45) is 6.99. The highest BCUT2D eigenvalue weighted by Crippen LogP contribution is 2.25. The minimum atomic E-state index is 0.766. The predicted octanol–water partition coefficient (Wildman–Crippen LogP) is 1.56. The number of nitrogens with zero attached hydrogens (tertiary/aromatic N) is 6. The monoisotopic (exact) mass is 335 g/mol. The number of aryl methyl sites for hydroxylation is 1. The molecule has 0 aromatic carbocycles. The number of hydrogen-bond donors (Lipinski definition) is 1. The van der Waals surface area contributed by atoms with Crippen LogP contribution >= 0.6 is 0 Å². The van der Waals surface area contributed by atoms with Crippen LogP contribution in [0.15, 0.2) is 24.7 Å². The number of piperazine rings is 1. The van der Waals surface area contributed by atoms with Crippen molar-refractivity contribution in [1.29, 1.82) is 0 Å². The zero-order valence-corrected chi connectivity index (χ0v) is 14.1. The zero-order valence-electron chi connectivity index (χ0n) is 14.1. The van der Waals surface area contributed by atoms with Gasteiger partial charge in [0.25, 0.3) is 0 Å². The number of H-pyrrole nitrogens is 1. The van der Waals surface area contributed by atoms with E-state index in [0.29, 0.717) is 0 Å². The molecule has 4 heterocycles. The molecule has 0 unspecified atom stereocenters. The summed E-state index contributed by atoms with van der Waals surface area (Å²) in [5, 5.41) is 8.79. The zero-order chi connectivity index (χ0) is 16.6. The lowest BCUT2D eigenvalue weighted by Crippen LogP contribution is -2.46. The first-order valence-corrected chi connectivity index (χ1v) is 8.96. The molecule has 0 atom stereocenters. The summed E-state index contributed by atoms with van der Waals surface area (Å²) >= 11 is 0. The Labute approximate surface area is 146 Å². The Bertz CT molecular complexity index is 890. The Hall–Kier alpha value is -2.54. The van der Waals surface area contributed by atoms with E-state index in [1.54, 1.807) is 12.5 Å². The molecule has 0 spiro atoms. The van der Waals surface area contributed by atoms with E-state index < -0.39 is 0 Å². The molecule has 3 aromatic heterocycles. The van der Waals surface area contributed by atoms with Gasteiger partial charge >= 0.3 is 0 Å². The van der Waals surface area contributed by atoms with Gasteiger partial charge in [-0.2, -0.15) is 5.10 Å². The van der Waals surface area contributed by atoms with Crippen molar-refractivity contribution >= 4 is 16.9 Å². The molecule has 128 valence electrons. The first-order valence-electron chi connectivity index (χ1n) is 8.96. The van der Waals surface area contributed by atoms with Crippen molar-refractivity contribution in [2.75, 3.05) is 31.1 Å². The van der Waals surface area contributed by atoms with E-state index in [0.717, 1.165) is 56.0 Å². The molecular formula is C18H21N7. The molecule has 0 amide bonds. The van der Waals surface area contributed by atoms with Gasteiger partial charge < -0.3 is 4.90 Å². The van der Waals surface area contributed by atoms with Gasteiger partial charge in [-0.25, -0.2) is 15.0 Å². The van der Waals surface area contributed by atoms with Crippen LogP contribution in [0.4, 0.5) is 5.82 Å². The second-order valence-electron chi connectivity index (χ2n) is 6.82. The van der Waals surface area contributed by atoms with E-state index in [1.165, 1.54) is 29.8 Å². The van der Waals surface area contributed by atoms with Crippen LogP contribution in [-0.4, -0.2) is 56.2 Å². The van der Waals surface area contributed by atoms with E-state index >= 15 is 0 Å². The highest BCUT2D eigenvalue weighted by molar-refractivity contribution is 5.86. The first-order chi connectivity index (χ1) is 12.4. The quantitative estimate of drug-likeness (QED) is 0.783. The van der Waals surface area contributed by atoms with Gasteiger partial charge in [0, 0.05) is 44.6 Å². The van der Waals surface area contributed by atoms with E-state index in [2.05, 4.69) is 41.0 Å². The predicted molar refractivity (Wildman–Crippen MR) is 95.4 cm³/mol. The standard InChI is InChI=1S/C18H21N7/c1-3-13-15(5-1)22-23-16(13)11-24-7-9-25(10-8-24)18-14-4-2-6-19-17(14)20-12-21-18/h2,4,6,12H,1,3,5,7-11H2,(H,22,23). The van der Waals surface area contributed by atoms with Crippen LogP contribution in [-0.2, 0) is 19.4 Å². The number of aromatic nitrogens is 5. The lowest BCUT2D eigenvalue weighted by molar-refractivity contribution is 0.246. The van der Waals surface area contributed by atoms with Crippen molar-refractivity contribution in [2.45, 2.75) is 25.8 Å². The van der Waals surface area contributed by atoms with E-state index in [4.69, 9.17) is 0 Å². The average Bonchev–Trinajstić information content (AvgIpc) is 3.27. The summed E-state index contributed by atoms with van der Waals surface area (Å²) in [5.41, 5.74) is 4.84. The highest BCUT2D eigenvalue weighted by Gasteiger charge is 2.23. The topological polar surface area (TPSA) is 73.8 Å². The van der Waals surface area contributed by atoms with E-state index in [1.807, 2.05) is 6.07 Å². The molecule has 0 saturated carbocycles.